The lowest BCUT2D eigenvalue weighted by Gasteiger charge is -2.26. The van der Waals surface area contributed by atoms with E-state index in [1.165, 1.54) is 22.9 Å². The smallest absolute Gasteiger partial charge is 0.255 e. The summed E-state index contributed by atoms with van der Waals surface area (Å²) in [4.78, 5) is 37.1. The molecule has 4 rings (SSSR count). The molecular formula is C21H26FN5O2. The summed E-state index contributed by atoms with van der Waals surface area (Å²) in [5, 5.41) is 0. The van der Waals surface area contributed by atoms with Crippen molar-refractivity contribution in [2.45, 2.75) is 32.2 Å². The average molecular weight is 399 g/mol. The van der Waals surface area contributed by atoms with Crippen molar-refractivity contribution in [3.8, 4) is 11.3 Å². The molecule has 1 saturated heterocycles. The van der Waals surface area contributed by atoms with E-state index < -0.39 is 5.82 Å². The van der Waals surface area contributed by atoms with Crippen LogP contribution in [0.1, 0.15) is 26.2 Å². The zero-order valence-electron chi connectivity index (χ0n) is 17.0. The molecule has 1 amide bonds. The van der Waals surface area contributed by atoms with Gasteiger partial charge in [-0.15, -0.1) is 0 Å². The molecule has 2 aliphatic rings. The summed E-state index contributed by atoms with van der Waals surface area (Å²) in [5.74, 6) is 1.02. The number of carbonyl (C=O) groups excluding carboxylic acids is 1. The molecule has 1 aliphatic carbocycles. The summed E-state index contributed by atoms with van der Waals surface area (Å²) in [6, 6.07) is 3.10. The third-order valence-electron chi connectivity index (χ3n) is 6.17. The normalized spacial score (nSPS) is 22.5. The Labute approximate surface area is 169 Å². The zero-order chi connectivity index (χ0) is 20.7. The van der Waals surface area contributed by atoms with Crippen molar-refractivity contribution in [1.29, 1.82) is 0 Å². The maximum absolute atomic E-state index is 14.1. The SMILES string of the molecule is CCCCC(=O)N1C[C@@H]2[C@H](C1)[C@H]2N(C)c1nc(-c2ccncc2F)cc(=O)n1C. The molecule has 2 fully saturated rings. The van der Waals surface area contributed by atoms with Crippen LogP contribution in [0, 0.1) is 17.7 Å². The monoisotopic (exact) mass is 399 g/mol. The number of fused-ring (bicyclic) bond motifs is 1. The highest BCUT2D eigenvalue weighted by molar-refractivity contribution is 5.77. The molecule has 0 spiro atoms. The van der Waals surface area contributed by atoms with Gasteiger partial charge in [-0.2, -0.15) is 0 Å². The van der Waals surface area contributed by atoms with Gasteiger partial charge in [0.25, 0.3) is 5.56 Å². The fourth-order valence-electron chi connectivity index (χ4n) is 4.46. The predicted molar refractivity (Wildman–Crippen MR) is 108 cm³/mol. The minimum Gasteiger partial charge on any atom is -0.342 e. The van der Waals surface area contributed by atoms with Crippen molar-refractivity contribution in [3.05, 3.63) is 40.7 Å². The maximum atomic E-state index is 14.1. The van der Waals surface area contributed by atoms with Crippen molar-refractivity contribution >= 4 is 11.9 Å². The molecule has 0 unspecified atom stereocenters. The Kier molecular flexibility index (Phi) is 5.10. The summed E-state index contributed by atoms with van der Waals surface area (Å²) in [5.41, 5.74) is 0.323. The Morgan fingerprint density at radius 3 is 2.72 bits per heavy atom. The number of pyridine rings is 1. The van der Waals surface area contributed by atoms with E-state index in [0.29, 0.717) is 29.9 Å². The van der Waals surface area contributed by atoms with Crippen molar-refractivity contribution in [2.75, 3.05) is 25.0 Å². The van der Waals surface area contributed by atoms with Crippen molar-refractivity contribution < 1.29 is 9.18 Å². The number of aromatic nitrogens is 3. The molecule has 2 aromatic heterocycles. The number of amides is 1. The Morgan fingerprint density at radius 2 is 2.07 bits per heavy atom. The van der Waals surface area contributed by atoms with E-state index >= 15 is 0 Å². The first-order valence-electron chi connectivity index (χ1n) is 10.1. The number of piperidine rings is 1. The van der Waals surface area contributed by atoms with Crippen molar-refractivity contribution in [3.63, 3.8) is 0 Å². The second kappa shape index (κ2) is 7.57. The van der Waals surface area contributed by atoms with Crippen LogP contribution in [0.3, 0.4) is 0 Å². The van der Waals surface area contributed by atoms with E-state index in [2.05, 4.69) is 16.9 Å². The molecule has 2 aromatic rings. The van der Waals surface area contributed by atoms with Gasteiger partial charge in [-0.1, -0.05) is 13.3 Å². The van der Waals surface area contributed by atoms with Crippen LogP contribution in [0.15, 0.2) is 29.3 Å². The third-order valence-corrected chi connectivity index (χ3v) is 6.17. The van der Waals surface area contributed by atoms with Crippen LogP contribution in [-0.2, 0) is 11.8 Å². The van der Waals surface area contributed by atoms with Crippen molar-refractivity contribution in [2.24, 2.45) is 18.9 Å². The van der Waals surface area contributed by atoms with Crippen LogP contribution in [0.5, 0.6) is 0 Å². The molecule has 154 valence electrons. The number of carbonyl (C=O) groups is 1. The molecule has 3 atom stereocenters. The molecule has 0 aromatic carbocycles. The minimum atomic E-state index is -0.508. The highest BCUT2D eigenvalue weighted by atomic mass is 19.1. The van der Waals surface area contributed by atoms with Gasteiger partial charge >= 0.3 is 0 Å². The zero-order valence-corrected chi connectivity index (χ0v) is 17.0. The van der Waals surface area contributed by atoms with Gasteiger partial charge in [0.15, 0.2) is 5.82 Å². The van der Waals surface area contributed by atoms with Crippen molar-refractivity contribution in [1.82, 2.24) is 19.4 Å². The summed E-state index contributed by atoms with van der Waals surface area (Å²) in [6.07, 6.45) is 5.17. The summed E-state index contributed by atoms with van der Waals surface area (Å²) in [7, 11) is 3.59. The summed E-state index contributed by atoms with van der Waals surface area (Å²) >= 11 is 0. The maximum Gasteiger partial charge on any atom is 0.255 e. The van der Waals surface area contributed by atoms with Gasteiger partial charge in [0, 0.05) is 69.3 Å². The third kappa shape index (κ3) is 3.52. The van der Waals surface area contributed by atoms with Crippen LogP contribution in [-0.4, -0.2) is 51.5 Å². The molecule has 3 heterocycles. The van der Waals surface area contributed by atoms with Gasteiger partial charge in [0.1, 0.15) is 0 Å². The lowest BCUT2D eigenvalue weighted by Crippen LogP contribution is -2.38. The van der Waals surface area contributed by atoms with Gasteiger partial charge in [-0.25, -0.2) is 9.37 Å². The van der Waals surface area contributed by atoms with Crippen LogP contribution in [0.25, 0.3) is 11.3 Å². The average Bonchev–Trinajstić information content (AvgIpc) is 3.21. The largest absolute Gasteiger partial charge is 0.342 e. The first kappa shape index (κ1) is 19.5. The van der Waals surface area contributed by atoms with Crippen LogP contribution >= 0.6 is 0 Å². The molecule has 0 bridgehead atoms. The van der Waals surface area contributed by atoms with E-state index in [-0.39, 0.29) is 23.1 Å². The van der Waals surface area contributed by atoms with Gasteiger partial charge in [0.05, 0.1) is 11.9 Å². The van der Waals surface area contributed by atoms with Gasteiger partial charge < -0.3 is 9.80 Å². The Bertz CT molecular complexity index is 979. The molecule has 7 nitrogen and oxygen atoms in total. The highest BCUT2D eigenvalue weighted by Gasteiger charge is 2.59. The fourth-order valence-corrected chi connectivity index (χ4v) is 4.46. The number of halogens is 1. The van der Waals surface area contributed by atoms with Gasteiger partial charge in [-0.3, -0.25) is 19.1 Å². The number of nitrogens with zero attached hydrogens (tertiary/aromatic N) is 5. The lowest BCUT2D eigenvalue weighted by atomic mass is 10.2. The minimum absolute atomic E-state index is 0.237. The van der Waals surface area contributed by atoms with Crippen LogP contribution in [0.4, 0.5) is 10.3 Å². The number of rotatable bonds is 6. The number of hydrogen-bond acceptors (Lipinski definition) is 5. The van der Waals surface area contributed by atoms with Crippen LogP contribution < -0.4 is 10.5 Å². The molecule has 29 heavy (non-hydrogen) atoms. The number of likely N-dealkylation sites (tertiary alicyclic amines) is 1. The molecule has 1 aliphatic heterocycles. The second-order valence-electron chi connectivity index (χ2n) is 8.03. The standard InChI is InChI=1S/C21H26FN5O2/c1-4-5-6-18(28)27-11-14-15(12-27)20(14)26(3)21-24-17(9-19(29)25(21)2)13-7-8-23-10-16(13)22/h7-10,14-15,20H,4-6,11-12H2,1-3H3/t14-,15+,20+. The van der Waals surface area contributed by atoms with E-state index in [0.717, 1.165) is 32.1 Å². The first-order chi connectivity index (χ1) is 13.9. The van der Waals surface area contributed by atoms with E-state index in [4.69, 9.17) is 0 Å². The fraction of sp³-hybridized carbons (Fsp3) is 0.524. The summed E-state index contributed by atoms with van der Waals surface area (Å²) in [6.45, 7) is 3.60. The van der Waals surface area contributed by atoms with Gasteiger partial charge in [0.2, 0.25) is 11.9 Å². The topological polar surface area (TPSA) is 71.3 Å². The molecular weight excluding hydrogens is 373 g/mol. The van der Waals surface area contributed by atoms with Crippen LogP contribution in [0.2, 0.25) is 0 Å². The number of unbranched alkanes of at least 4 members (excludes halogenated alkanes) is 1. The molecule has 0 radical (unpaired) electrons. The van der Waals surface area contributed by atoms with E-state index in [1.807, 2.05) is 16.8 Å². The van der Waals surface area contributed by atoms with Gasteiger partial charge in [-0.05, 0) is 12.5 Å². The Hall–Kier alpha value is -2.77. The van der Waals surface area contributed by atoms with E-state index in [9.17, 15) is 14.0 Å². The number of hydrogen-bond donors (Lipinski definition) is 0. The van der Waals surface area contributed by atoms with E-state index in [1.54, 1.807) is 7.05 Å². The molecule has 1 saturated carbocycles. The second-order valence-corrected chi connectivity index (χ2v) is 8.03. The Balaban J connectivity index is 1.53. The predicted octanol–water partition coefficient (Wildman–Crippen LogP) is 2.06. The molecule has 0 N–H and O–H groups in total. The lowest BCUT2D eigenvalue weighted by molar-refractivity contribution is -0.130. The highest BCUT2D eigenvalue weighted by Crippen LogP contribution is 2.49. The number of anilines is 1. The first-order valence-corrected chi connectivity index (χ1v) is 10.1. The Morgan fingerprint density at radius 1 is 1.34 bits per heavy atom. The summed E-state index contributed by atoms with van der Waals surface area (Å²) < 4.78 is 15.6. The molecule has 8 heteroatoms. The quantitative estimate of drug-likeness (QED) is 0.744.